The summed E-state index contributed by atoms with van der Waals surface area (Å²) < 4.78 is 0.865. The topological polar surface area (TPSA) is 59.1 Å². The van der Waals surface area contributed by atoms with Gasteiger partial charge in [-0.05, 0) is 0 Å². The van der Waals surface area contributed by atoms with Gasteiger partial charge in [0.25, 0.3) is 0 Å². The van der Waals surface area contributed by atoms with E-state index >= 15 is 0 Å². The quantitative estimate of drug-likeness (QED) is 0.148. The molecule has 0 saturated carbocycles. The average Bonchev–Trinajstić information content (AvgIpc) is 1.79. The van der Waals surface area contributed by atoms with E-state index in [1.54, 1.807) is 0 Å². The second-order valence-corrected chi connectivity index (χ2v) is 3.68. The molecule has 66 valence electrons. The van der Waals surface area contributed by atoms with E-state index < -0.39 is 0 Å². The molecule has 0 atom stereocenters. The van der Waals surface area contributed by atoms with E-state index in [1.165, 1.54) is 0 Å². The van der Waals surface area contributed by atoms with Crippen LogP contribution in [0.2, 0.25) is 0 Å². The van der Waals surface area contributed by atoms with Crippen molar-refractivity contribution in [2.24, 2.45) is 0 Å². The largest absolute Gasteiger partial charge is 1.00 e. The fraction of sp³-hybridized carbons (Fsp3) is 0.500. The fourth-order valence-electron chi connectivity index (χ4n) is 0.334. The molecule has 0 spiro atoms. The number of nitrogens with one attached hydrogen (secondary N) is 2. The van der Waals surface area contributed by atoms with Gasteiger partial charge < -0.3 is 41.6 Å². The molecule has 0 heterocycles. The van der Waals surface area contributed by atoms with Crippen molar-refractivity contribution in [3.63, 3.8) is 0 Å². The van der Waals surface area contributed by atoms with E-state index in [0.29, 0.717) is 21.7 Å². The van der Waals surface area contributed by atoms with Gasteiger partial charge in [-0.25, -0.2) is 0 Å². The molecular weight excluding hydrogens is 257 g/mol. The molecule has 0 aliphatic carbocycles. The smallest absolute Gasteiger partial charge is 0.412 e. The molecule has 0 fully saturated rings. The summed E-state index contributed by atoms with van der Waals surface area (Å²) in [6, 6.07) is 0. The van der Waals surface area contributed by atoms with Crippen LogP contribution in [0.4, 0.5) is 0 Å². The molecule has 0 aliphatic rings. The molecule has 0 aromatic rings. The predicted octanol–water partition coefficient (Wildman–Crippen LogP) is -2.62. The number of hydrogen-bond acceptors (Lipinski definition) is 4. The van der Waals surface area contributed by atoms with Crippen molar-refractivity contribution >= 4 is 58.3 Å². The molecule has 0 aromatic heterocycles. The van der Waals surface area contributed by atoms with Crippen molar-refractivity contribution in [2.45, 2.75) is 0 Å². The molecule has 0 bridgehead atoms. The number of thiocarbonyl (C=S) groups is 2. The van der Waals surface area contributed by atoms with Crippen LogP contribution in [0.3, 0.4) is 0 Å². The van der Waals surface area contributed by atoms with Crippen LogP contribution in [0.5, 0.6) is 0 Å². The third-order valence-corrected chi connectivity index (χ3v) is 1.26. The van der Waals surface area contributed by atoms with Gasteiger partial charge in [0, 0.05) is 13.1 Å². The maximum Gasteiger partial charge on any atom is 1.00 e. The Morgan fingerprint density at radius 1 is 1.25 bits per heavy atom. The Morgan fingerprint density at radius 2 is 1.67 bits per heavy atom. The molecule has 0 saturated heterocycles. The maximum atomic E-state index is 4.64. The Labute approximate surface area is 137 Å². The van der Waals surface area contributed by atoms with Gasteiger partial charge in [-0.1, -0.05) is 16.5 Å². The summed E-state index contributed by atoms with van der Waals surface area (Å²) >= 11 is 17.7. The predicted molar refractivity (Wildman–Crippen MR) is 62.6 cm³/mol. The van der Waals surface area contributed by atoms with Gasteiger partial charge in [-0.3, -0.25) is 0 Å². The number of rotatable bonds is 3. The molecule has 0 aromatic carbocycles. The molecular formula is C4H10KN3S4. The summed E-state index contributed by atoms with van der Waals surface area (Å²) in [7, 11) is 0. The van der Waals surface area contributed by atoms with Crippen LogP contribution in [-0.4, -0.2) is 21.7 Å². The summed E-state index contributed by atoms with van der Waals surface area (Å²) in [6.07, 6.45) is 0. The van der Waals surface area contributed by atoms with E-state index in [1.807, 2.05) is 0 Å². The van der Waals surface area contributed by atoms with Crippen molar-refractivity contribution in [3.8, 4) is 0 Å². The zero-order chi connectivity index (χ0) is 7.98. The van der Waals surface area contributed by atoms with Crippen molar-refractivity contribution in [2.75, 3.05) is 13.1 Å². The van der Waals surface area contributed by atoms with Crippen LogP contribution in [0.1, 0.15) is 0 Å². The SMILES string of the molecule is N.S=C([S-])NCCNC(=S)S.[K+]. The molecule has 8 heteroatoms. The molecule has 0 aliphatic heterocycles. The first kappa shape index (κ1) is 19.5. The van der Waals surface area contributed by atoms with Crippen LogP contribution in [0.25, 0.3) is 0 Å². The first-order valence-electron chi connectivity index (χ1n) is 2.54. The van der Waals surface area contributed by atoms with Crippen LogP contribution >= 0.6 is 37.1 Å². The standard InChI is InChI=1S/C4H8N2S4.K.H3N/c7-3(8)5-1-2-6-4(9)10;;/h1-2H2,(H2,5,7,8)(H2,6,9,10);;1H3/q;+1;/p-1. The van der Waals surface area contributed by atoms with Gasteiger partial charge in [0.15, 0.2) is 0 Å². The summed E-state index contributed by atoms with van der Waals surface area (Å²) in [6.45, 7) is 1.38. The van der Waals surface area contributed by atoms with E-state index in [2.05, 4.69) is 60.3 Å². The minimum atomic E-state index is 0. The van der Waals surface area contributed by atoms with Crippen molar-refractivity contribution in [1.29, 1.82) is 0 Å². The van der Waals surface area contributed by atoms with Gasteiger partial charge in [0.1, 0.15) is 4.32 Å². The maximum absolute atomic E-state index is 4.64. The van der Waals surface area contributed by atoms with Crippen LogP contribution < -0.4 is 68.2 Å². The third kappa shape index (κ3) is 17.9. The fourth-order valence-corrected chi connectivity index (χ4v) is 0.752. The van der Waals surface area contributed by atoms with Crippen molar-refractivity contribution in [1.82, 2.24) is 16.8 Å². The number of thiol groups is 1. The number of hydrogen-bond donors (Lipinski definition) is 4. The average molecular weight is 268 g/mol. The summed E-state index contributed by atoms with van der Waals surface area (Å²) in [4.78, 5) is 0. The normalized spacial score (nSPS) is 7.08. The van der Waals surface area contributed by atoms with Crippen LogP contribution in [-0.2, 0) is 12.6 Å². The second kappa shape index (κ2) is 12.9. The van der Waals surface area contributed by atoms with E-state index in [9.17, 15) is 0 Å². The summed E-state index contributed by atoms with van der Waals surface area (Å²) in [5.41, 5.74) is 0. The third-order valence-electron chi connectivity index (χ3n) is 0.671. The Morgan fingerprint density at radius 3 is 2.00 bits per heavy atom. The first-order valence-corrected chi connectivity index (χ1v) is 4.22. The summed E-state index contributed by atoms with van der Waals surface area (Å²) in [5.74, 6) is 0. The Bertz CT molecular complexity index is 126. The van der Waals surface area contributed by atoms with Crippen LogP contribution in [0.15, 0.2) is 0 Å². The summed E-state index contributed by atoms with van der Waals surface area (Å²) in [5, 5.41) is 5.62. The van der Waals surface area contributed by atoms with Gasteiger partial charge >= 0.3 is 51.4 Å². The first-order chi connectivity index (χ1) is 4.63. The van der Waals surface area contributed by atoms with Crippen molar-refractivity contribution < 1.29 is 51.4 Å². The minimum absolute atomic E-state index is 0. The molecule has 3 nitrogen and oxygen atoms in total. The Kier molecular flexibility index (Phi) is 21.0. The Balaban J connectivity index is -0.000000405. The second-order valence-electron chi connectivity index (χ2n) is 1.45. The monoisotopic (exact) mass is 267 g/mol. The molecule has 0 amide bonds. The molecule has 12 heavy (non-hydrogen) atoms. The van der Waals surface area contributed by atoms with Gasteiger partial charge in [0.2, 0.25) is 0 Å². The zero-order valence-corrected chi connectivity index (χ0v) is 13.3. The van der Waals surface area contributed by atoms with E-state index in [4.69, 9.17) is 0 Å². The van der Waals surface area contributed by atoms with Gasteiger partial charge in [0.05, 0.1) is 0 Å². The van der Waals surface area contributed by atoms with Gasteiger partial charge in [-0.15, -0.1) is 12.6 Å². The van der Waals surface area contributed by atoms with E-state index in [0.717, 1.165) is 0 Å². The van der Waals surface area contributed by atoms with Crippen LogP contribution in [0, 0.1) is 0 Å². The van der Waals surface area contributed by atoms with E-state index in [-0.39, 0.29) is 57.5 Å². The molecule has 0 rings (SSSR count). The Hall–Kier alpha value is 1.95. The molecule has 0 unspecified atom stereocenters. The van der Waals surface area contributed by atoms with Gasteiger partial charge in [-0.2, -0.15) is 0 Å². The minimum Gasteiger partial charge on any atom is -0.412 e. The van der Waals surface area contributed by atoms with Crippen molar-refractivity contribution in [3.05, 3.63) is 0 Å². The molecule has 5 N–H and O–H groups in total. The zero-order valence-electron chi connectivity index (χ0n) is 6.79. The molecule has 0 radical (unpaired) electrons.